The van der Waals surface area contributed by atoms with Gasteiger partial charge in [-0.05, 0) is 34.7 Å². The molecule has 0 aliphatic heterocycles. The summed E-state index contributed by atoms with van der Waals surface area (Å²) in [5, 5.41) is 0. The standard InChI is InChI=1S/C8H9BrN2O2/c9-6-4-11(3-5-1-2-5)8(13)10-7(6)12/h4-5H,1-3H2,(H,10,12,13). The Kier molecular flexibility index (Phi) is 2.11. The molecular formula is C8H9BrN2O2. The van der Waals surface area contributed by atoms with Crippen molar-refractivity contribution in [1.82, 2.24) is 9.55 Å². The molecule has 0 saturated heterocycles. The average molecular weight is 245 g/mol. The van der Waals surface area contributed by atoms with Crippen LogP contribution in [0.4, 0.5) is 0 Å². The van der Waals surface area contributed by atoms with Gasteiger partial charge in [0.2, 0.25) is 0 Å². The minimum Gasteiger partial charge on any atom is -0.299 e. The Labute approximate surface area is 82.7 Å². The maximum absolute atomic E-state index is 11.2. The fraction of sp³-hybridized carbons (Fsp3) is 0.500. The molecule has 5 heteroatoms. The van der Waals surface area contributed by atoms with Crippen LogP contribution in [0.3, 0.4) is 0 Å². The molecule has 1 heterocycles. The molecule has 1 aromatic heterocycles. The molecule has 2 rings (SSSR count). The van der Waals surface area contributed by atoms with Gasteiger partial charge in [-0.1, -0.05) is 0 Å². The zero-order valence-electron chi connectivity index (χ0n) is 6.92. The molecule has 1 saturated carbocycles. The summed E-state index contributed by atoms with van der Waals surface area (Å²) in [6.45, 7) is 0.716. The van der Waals surface area contributed by atoms with Crippen LogP contribution in [-0.2, 0) is 6.54 Å². The third-order valence-corrected chi connectivity index (χ3v) is 2.68. The molecule has 0 aromatic carbocycles. The maximum Gasteiger partial charge on any atom is 0.328 e. The fourth-order valence-corrected chi connectivity index (χ4v) is 1.54. The van der Waals surface area contributed by atoms with Crippen molar-refractivity contribution in [3.63, 3.8) is 0 Å². The second-order valence-corrected chi connectivity index (χ2v) is 4.19. The Bertz CT molecular complexity index is 431. The zero-order valence-corrected chi connectivity index (χ0v) is 8.50. The Morgan fingerprint density at radius 3 is 2.85 bits per heavy atom. The van der Waals surface area contributed by atoms with Gasteiger partial charge in [0.15, 0.2) is 0 Å². The summed E-state index contributed by atoms with van der Waals surface area (Å²) in [4.78, 5) is 24.5. The van der Waals surface area contributed by atoms with E-state index in [9.17, 15) is 9.59 Å². The molecular weight excluding hydrogens is 236 g/mol. The molecule has 0 amide bonds. The van der Waals surface area contributed by atoms with E-state index >= 15 is 0 Å². The van der Waals surface area contributed by atoms with Gasteiger partial charge in [0.05, 0.1) is 4.47 Å². The lowest BCUT2D eigenvalue weighted by molar-refractivity contribution is 0.587. The van der Waals surface area contributed by atoms with Crippen molar-refractivity contribution in [3.8, 4) is 0 Å². The Hall–Kier alpha value is -0.840. The Morgan fingerprint density at radius 1 is 1.54 bits per heavy atom. The molecule has 0 atom stereocenters. The first-order valence-electron chi connectivity index (χ1n) is 4.16. The van der Waals surface area contributed by atoms with Gasteiger partial charge in [-0.15, -0.1) is 0 Å². The third kappa shape index (κ3) is 1.91. The van der Waals surface area contributed by atoms with Crippen molar-refractivity contribution in [3.05, 3.63) is 31.5 Å². The van der Waals surface area contributed by atoms with Crippen molar-refractivity contribution >= 4 is 15.9 Å². The summed E-state index contributed by atoms with van der Waals surface area (Å²) in [6.07, 6.45) is 3.92. The lowest BCUT2D eigenvalue weighted by atomic mass is 10.4. The quantitative estimate of drug-likeness (QED) is 0.834. The lowest BCUT2D eigenvalue weighted by Gasteiger charge is -2.02. The number of hydrogen-bond donors (Lipinski definition) is 1. The number of rotatable bonds is 2. The number of nitrogens with one attached hydrogen (secondary N) is 1. The molecule has 1 aliphatic carbocycles. The first kappa shape index (κ1) is 8.74. The molecule has 70 valence electrons. The summed E-state index contributed by atoms with van der Waals surface area (Å²) < 4.78 is 1.95. The highest BCUT2D eigenvalue weighted by atomic mass is 79.9. The Morgan fingerprint density at radius 2 is 2.23 bits per heavy atom. The monoisotopic (exact) mass is 244 g/mol. The van der Waals surface area contributed by atoms with E-state index in [1.165, 1.54) is 12.8 Å². The largest absolute Gasteiger partial charge is 0.328 e. The van der Waals surface area contributed by atoms with Gasteiger partial charge < -0.3 is 0 Å². The molecule has 0 bridgehead atoms. The van der Waals surface area contributed by atoms with Crippen molar-refractivity contribution in [1.29, 1.82) is 0 Å². The summed E-state index contributed by atoms with van der Waals surface area (Å²) >= 11 is 3.09. The summed E-state index contributed by atoms with van der Waals surface area (Å²) in [5.41, 5.74) is -0.683. The highest BCUT2D eigenvalue weighted by molar-refractivity contribution is 9.10. The van der Waals surface area contributed by atoms with Crippen LogP contribution in [0.5, 0.6) is 0 Å². The summed E-state index contributed by atoms with van der Waals surface area (Å²) in [6, 6.07) is 0. The predicted molar refractivity (Wildman–Crippen MR) is 51.7 cm³/mol. The molecule has 0 spiro atoms. The van der Waals surface area contributed by atoms with E-state index in [1.54, 1.807) is 10.8 Å². The summed E-state index contributed by atoms with van der Waals surface area (Å²) in [5.74, 6) is 0.621. The van der Waals surface area contributed by atoms with E-state index in [2.05, 4.69) is 20.9 Å². The number of halogens is 1. The van der Waals surface area contributed by atoms with Crippen LogP contribution in [0.1, 0.15) is 12.8 Å². The molecule has 1 N–H and O–H groups in total. The maximum atomic E-state index is 11.2. The fourth-order valence-electron chi connectivity index (χ4n) is 1.20. The topological polar surface area (TPSA) is 54.9 Å². The number of hydrogen-bond acceptors (Lipinski definition) is 2. The van der Waals surface area contributed by atoms with Gasteiger partial charge in [-0.2, -0.15) is 0 Å². The zero-order chi connectivity index (χ0) is 9.42. The number of H-pyrrole nitrogens is 1. The Balaban J connectivity index is 2.38. The molecule has 1 aliphatic rings. The van der Waals surface area contributed by atoms with Gasteiger partial charge in [0.25, 0.3) is 5.56 Å². The van der Waals surface area contributed by atoms with Crippen LogP contribution in [0, 0.1) is 5.92 Å². The van der Waals surface area contributed by atoms with Gasteiger partial charge in [0.1, 0.15) is 0 Å². The molecule has 0 radical (unpaired) electrons. The first-order chi connectivity index (χ1) is 6.16. The highest BCUT2D eigenvalue weighted by Crippen LogP contribution is 2.29. The second-order valence-electron chi connectivity index (χ2n) is 3.33. The van der Waals surface area contributed by atoms with E-state index in [0.29, 0.717) is 16.9 Å². The van der Waals surface area contributed by atoms with Gasteiger partial charge >= 0.3 is 5.69 Å². The number of aromatic amines is 1. The van der Waals surface area contributed by atoms with Crippen molar-refractivity contribution in [2.45, 2.75) is 19.4 Å². The van der Waals surface area contributed by atoms with Crippen LogP contribution in [0.25, 0.3) is 0 Å². The van der Waals surface area contributed by atoms with E-state index in [4.69, 9.17) is 0 Å². The van der Waals surface area contributed by atoms with Crippen LogP contribution in [-0.4, -0.2) is 9.55 Å². The SMILES string of the molecule is O=c1[nH]c(=O)n(CC2CC2)cc1Br. The van der Waals surface area contributed by atoms with Gasteiger partial charge in [-0.3, -0.25) is 14.3 Å². The van der Waals surface area contributed by atoms with Gasteiger partial charge in [0, 0.05) is 12.7 Å². The number of aromatic nitrogens is 2. The molecule has 13 heavy (non-hydrogen) atoms. The van der Waals surface area contributed by atoms with Crippen molar-refractivity contribution in [2.24, 2.45) is 5.92 Å². The van der Waals surface area contributed by atoms with E-state index in [-0.39, 0.29) is 11.2 Å². The van der Waals surface area contributed by atoms with Crippen LogP contribution < -0.4 is 11.2 Å². The molecule has 1 aromatic rings. The van der Waals surface area contributed by atoms with Crippen LogP contribution in [0.2, 0.25) is 0 Å². The smallest absolute Gasteiger partial charge is 0.299 e. The minimum absolute atomic E-state index is 0.319. The highest BCUT2D eigenvalue weighted by Gasteiger charge is 2.22. The normalized spacial score (nSPS) is 16.1. The van der Waals surface area contributed by atoms with Gasteiger partial charge in [-0.25, -0.2) is 4.79 Å². The predicted octanol–water partition coefficient (Wildman–Crippen LogP) is 0.709. The second kappa shape index (κ2) is 3.14. The van der Waals surface area contributed by atoms with Crippen LogP contribution in [0.15, 0.2) is 20.3 Å². The first-order valence-corrected chi connectivity index (χ1v) is 4.95. The average Bonchev–Trinajstić information content (AvgIpc) is 2.84. The third-order valence-electron chi connectivity index (χ3n) is 2.12. The number of nitrogens with zero attached hydrogens (tertiary/aromatic N) is 1. The van der Waals surface area contributed by atoms with E-state index in [0.717, 1.165) is 0 Å². The van der Waals surface area contributed by atoms with Crippen LogP contribution >= 0.6 is 15.9 Å². The lowest BCUT2D eigenvalue weighted by Crippen LogP contribution is -2.30. The minimum atomic E-state index is -0.364. The van der Waals surface area contributed by atoms with E-state index in [1.807, 2.05) is 0 Å². The molecule has 0 unspecified atom stereocenters. The summed E-state index contributed by atoms with van der Waals surface area (Å²) in [7, 11) is 0. The van der Waals surface area contributed by atoms with Crippen molar-refractivity contribution in [2.75, 3.05) is 0 Å². The van der Waals surface area contributed by atoms with E-state index < -0.39 is 0 Å². The molecule has 1 fully saturated rings. The molecule has 4 nitrogen and oxygen atoms in total. The van der Waals surface area contributed by atoms with Crippen molar-refractivity contribution < 1.29 is 0 Å².